The summed E-state index contributed by atoms with van der Waals surface area (Å²) in [7, 11) is 5.68. The largest absolute Gasteiger partial charge is 0.376 e. The van der Waals surface area contributed by atoms with Crippen molar-refractivity contribution in [3.63, 3.8) is 0 Å². The van der Waals surface area contributed by atoms with Gasteiger partial charge in [0.25, 0.3) is 43.2 Å². The Morgan fingerprint density at radius 1 is 0.441 bits per heavy atom. The lowest BCUT2D eigenvalue weighted by atomic mass is 9.95. The Morgan fingerprint density at radius 2 is 0.832 bits per heavy atom. The number of likely N-dealkylation sites (N-methyl/N-ethyl adjacent to an activating group) is 1. The van der Waals surface area contributed by atoms with Crippen LogP contribution in [0, 0.1) is 39.9 Å². The van der Waals surface area contributed by atoms with Gasteiger partial charge in [0.15, 0.2) is 0 Å². The number of likely N-dealkylation sites (tertiary alicyclic amines) is 1. The zero-order valence-electron chi connectivity index (χ0n) is 82.6. The summed E-state index contributed by atoms with van der Waals surface area (Å²) in [5.41, 5.74) is 14.6. The third-order valence-electron chi connectivity index (χ3n) is 26.9. The second kappa shape index (κ2) is 48.7. The van der Waals surface area contributed by atoms with Crippen LogP contribution in [0.5, 0.6) is 0 Å². The van der Waals surface area contributed by atoms with E-state index in [9.17, 15) is 51.0 Å². The van der Waals surface area contributed by atoms with Crippen LogP contribution in [0.3, 0.4) is 0 Å². The molecule has 12 aromatic rings. The first-order valence-corrected chi connectivity index (χ1v) is 54.0. The van der Waals surface area contributed by atoms with Crippen molar-refractivity contribution in [2.75, 3.05) is 217 Å². The number of aromatic nitrogens is 2. The minimum absolute atomic E-state index is 0.0829. The standard InChI is InChI=1S/C55H67FN10O5S2.C53H62ClN9O5S2/c1-40-52(55(67)57-26-10-27-63-31-29-61(4)30-32-63)53(54(62(40)5)41-15-17-43(56)18-16-41)42-11-9-12-47(37-42)65-35-33-64(34-36-65)46-21-19-44(20-22-46)59-73(70,71)49-23-24-50(51(38-49)66(68)69)58-45(25-28-60(2)3)39-72-48-13-7-6-8-14-48;1-38-50(53(64)55-26-30-60-27-8-9-28-60)51(52(59(38)4)39-15-17-41(54)18-16-39)40-11-10-12-45(35-40)62-33-31-61(32-34-62)44-21-19-42(20-22-44)57-70(67,68)47-23-24-48(49(36-47)63(65)66)56-43(25-29-58(2)3)37-69-46-13-6-5-7-14-46/h6-9,11-24,37-38,45,58-59H,10,25-36,39H2,1-5H3,(H,57,67);5-7,10-24,35-36,43,56-57H,8-9,25-34,37H2,1-4H3,(H,55,64)/t45-;43-/m11/s1. The zero-order chi connectivity index (χ0) is 101. The van der Waals surface area contributed by atoms with Gasteiger partial charge in [-0.05, 0) is 294 Å². The van der Waals surface area contributed by atoms with Crippen LogP contribution in [0.2, 0.25) is 5.02 Å². The Bertz CT molecular complexity index is 6600. The Hall–Kier alpha value is -12.5. The first-order chi connectivity index (χ1) is 68.9. The van der Waals surface area contributed by atoms with Crippen molar-refractivity contribution >= 4 is 124 Å². The number of nitro benzene ring substituents is 2. The fraction of sp³-hybridized carbons (Fsp3) is 0.352. The molecule has 2 atom stereocenters. The summed E-state index contributed by atoms with van der Waals surface area (Å²) < 4.78 is 78.3. The highest BCUT2D eigenvalue weighted by molar-refractivity contribution is 7.99. The van der Waals surface area contributed by atoms with Crippen molar-refractivity contribution in [1.29, 1.82) is 0 Å². The topological polar surface area (TPSA) is 300 Å². The predicted molar refractivity (Wildman–Crippen MR) is 581 cm³/mol. The van der Waals surface area contributed by atoms with E-state index in [2.05, 4.69) is 123 Å². The lowest BCUT2D eigenvalue weighted by Crippen LogP contribution is -2.46. The molecule has 2 amide bonds. The summed E-state index contributed by atoms with van der Waals surface area (Å²) in [5.74, 6) is 0.785. The fourth-order valence-electron chi connectivity index (χ4n) is 18.8. The summed E-state index contributed by atoms with van der Waals surface area (Å²) in [5, 5.41) is 38.5. The molecule has 0 saturated carbocycles. The van der Waals surface area contributed by atoms with Gasteiger partial charge < -0.3 is 74.5 Å². The van der Waals surface area contributed by atoms with Gasteiger partial charge in [0.2, 0.25) is 0 Å². The highest BCUT2D eigenvalue weighted by atomic mass is 35.5. The number of benzene rings is 10. The molecule has 10 aromatic carbocycles. The molecule has 4 saturated heterocycles. The second-order valence-corrected chi connectivity index (χ2v) is 43.4. The van der Waals surface area contributed by atoms with Gasteiger partial charge in [0.05, 0.1) is 42.2 Å². The maximum Gasteiger partial charge on any atom is 0.293 e. The predicted octanol–water partition coefficient (Wildman–Crippen LogP) is 18.4. The maximum absolute atomic E-state index is 14.2. The van der Waals surface area contributed by atoms with Crippen LogP contribution in [0.15, 0.2) is 262 Å². The van der Waals surface area contributed by atoms with Gasteiger partial charge in [-0.2, -0.15) is 0 Å². The molecule has 0 unspecified atom stereocenters. The van der Waals surface area contributed by atoms with E-state index in [4.69, 9.17) is 11.6 Å². The molecule has 6 heterocycles. The minimum Gasteiger partial charge on any atom is -0.376 e. The van der Waals surface area contributed by atoms with Gasteiger partial charge in [-0.1, -0.05) is 84.4 Å². The number of carbonyl (C=O) groups excluding carboxylic acids is 2. The van der Waals surface area contributed by atoms with E-state index in [0.29, 0.717) is 78.3 Å². The van der Waals surface area contributed by atoms with E-state index in [1.54, 1.807) is 59.9 Å². The van der Waals surface area contributed by atoms with Crippen LogP contribution >= 0.6 is 35.1 Å². The van der Waals surface area contributed by atoms with E-state index in [-0.39, 0.29) is 62.3 Å². The van der Waals surface area contributed by atoms with Crippen molar-refractivity contribution in [2.24, 2.45) is 14.1 Å². The quantitative estimate of drug-likeness (QED) is 0.00898. The summed E-state index contributed by atoms with van der Waals surface area (Å²) >= 11 is 9.65. The Kier molecular flexibility index (Phi) is 35.7. The molecular formula is C108H129ClFN19O10S4. The van der Waals surface area contributed by atoms with Crippen LogP contribution in [0.1, 0.15) is 64.2 Å². The third-order valence-corrected chi connectivity index (χ3v) is 32.3. The Balaban J connectivity index is 0.000000216. The van der Waals surface area contributed by atoms with E-state index in [0.717, 1.165) is 212 Å². The highest BCUT2D eigenvalue weighted by Crippen LogP contribution is 2.44. The Labute approximate surface area is 852 Å². The van der Waals surface area contributed by atoms with Gasteiger partial charge in [-0.25, -0.2) is 21.2 Å². The molecular weight excluding hydrogens is 1910 g/mol. The fourth-order valence-corrected chi connectivity index (χ4v) is 23.0. The number of hydrogen-bond donors (Lipinski definition) is 6. The number of amides is 2. The van der Waals surface area contributed by atoms with Gasteiger partial charge in [-0.15, -0.1) is 23.5 Å². The molecule has 29 nitrogen and oxygen atoms in total. The smallest absolute Gasteiger partial charge is 0.293 e. The zero-order valence-corrected chi connectivity index (χ0v) is 86.6. The van der Waals surface area contributed by atoms with E-state index in [1.165, 1.54) is 49.2 Å². The minimum atomic E-state index is -4.18. The van der Waals surface area contributed by atoms with Crippen molar-refractivity contribution in [3.05, 3.63) is 296 Å². The molecule has 4 aliphatic rings. The number of nitrogens with one attached hydrogen (secondary N) is 6. The first kappa shape index (κ1) is 105. The van der Waals surface area contributed by atoms with E-state index in [1.807, 2.05) is 182 Å². The third kappa shape index (κ3) is 27.3. The number of rotatable bonds is 41. The van der Waals surface area contributed by atoms with Gasteiger partial charge in [0.1, 0.15) is 17.2 Å². The van der Waals surface area contributed by atoms with Gasteiger partial charge in [0, 0.05) is 219 Å². The molecule has 2 aromatic heterocycles. The van der Waals surface area contributed by atoms with Gasteiger partial charge in [-0.3, -0.25) is 39.3 Å². The molecule has 0 radical (unpaired) electrons. The number of piperazine rings is 3. The first-order valence-electron chi connectivity index (χ1n) is 48.7. The van der Waals surface area contributed by atoms with Crippen molar-refractivity contribution in [1.82, 2.24) is 44.3 Å². The molecule has 0 aliphatic carbocycles. The number of nitro groups is 2. The highest BCUT2D eigenvalue weighted by Gasteiger charge is 2.33. The Morgan fingerprint density at radius 3 is 1.24 bits per heavy atom. The second-order valence-electron chi connectivity index (χ2n) is 37.4. The number of anilines is 8. The van der Waals surface area contributed by atoms with Crippen LogP contribution < -0.4 is 50.3 Å². The molecule has 754 valence electrons. The molecule has 143 heavy (non-hydrogen) atoms. The summed E-state index contributed by atoms with van der Waals surface area (Å²) in [4.78, 5) is 74.2. The van der Waals surface area contributed by atoms with E-state index >= 15 is 0 Å². The number of sulfonamides is 2. The number of carbonyl (C=O) groups is 2. The molecule has 16 rings (SSSR count). The lowest BCUT2D eigenvalue weighted by molar-refractivity contribution is -0.384. The average Bonchev–Trinajstić information content (AvgIpc) is 1.60. The van der Waals surface area contributed by atoms with Crippen LogP contribution in [0.25, 0.3) is 44.8 Å². The average molecular weight is 2040 g/mol. The van der Waals surface area contributed by atoms with Crippen molar-refractivity contribution in [3.8, 4) is 44.8 Å². The summed E-state index contributed by atoms with van der Waals surface area (Å²) in [6.07, 6.45) is 4.71. The number of halogens is 2. The lowest BCUT2D eigenvalue weighted by Gasteiger charge is -2.37. The molecule has 4 aliphatic heterocycles. The molecule has 6 N–H and O–H groups in total. The van der Waals surface area contributed by atoms with Gasteiger partial charge >= 0.3 is 0 Å². The maximum atomic E-state index is 14.2. The normalized spacial score (nSPS) is 14.9. The molecule has 35 heteroatoms. The summed E-state index contributed by atoms with van der Waals surface area (Å²) in [6.45, 7) is 20.5. The number of hydrogen-bond acceptors (Lipinski definition) is 23. The van der Waals surface area contributed by atoms with Crippen molar-refractivity contribution < 1.29 is 40.7 Å². The molecule has 4 fully saturated rings. The molecule has 0 spiro atoms. The molecule has 0 bridgehead atoms. The summed E-state index contributed by atoms with van der Waals surface area (Å²) in [6, 6.07) is 72.9. The van der Waals surface area contributed by atoms with Crippen LogP contribution in [-0.2, 0) is 34.1 Å². The van der Waals surface area contributed by atoms with E-state index < -0.39 is 29.9 Å². The number of nitrogens with zero attached hydrogens (tertiary/aromatic N) is 13. The van der Waals surface area contributed by atoms with Crippen LogP contribution in [0.4, 0.5) is 61.3 Å². The van der Waals surface area contributed by atoms with Crippen LogP contribution in [-0.4, -0.2) is 262 Å². The number of thioether (sulfide) groups is 2. The SMILES string of the molecule is Cc1c(C(=O)NCCCN2CCN(C)CC2)c(-c2cccc(N3CCN(c4ccc(NS(=O)(=O)c5ccc(N[C@H](CCN(C)C)CSc6ccccc6)c([N+](=O)[O-])c5)cc4)CC3)c2)c(-c2ccc(F)cc2)n1C.Cc1c(C(=O)NCCN2CCCC2)c(-c2cccc(N3CCN(c4ccc(NS(=O)(=O)c5ccc(N[C@H](CCN(C)C)CSc6ccccc6)c([N+](=O)[O-])c5)cc4)CC3)c2)c(-c2ccc(Cl)cc2)n1C. The monoisotopic (exact) mass is 2030 g/mol. The van der Waals surface area contributed by atoms with Crippen molar-refractivity contribution in [2.45, 2.75) is 77.6 Å².